The normalized spacial score (nSPS) is 21.1. The number of anilines is 2. The molecule has 2 unspecified atom stereocenters. The lowest BCUT2D eigenvalue weighted by atomic mass is 9.75. The van der Waals surface area contributed by atoms with E-state index in [4.69, 9.17) is 25.9 Å². The highest BCUT2D eigenvalue weighted by Crippen LogP contribution is 2.51. The minimum atomic E-state index is -3.92. The highest BCUT2D eigenvalue weighted by atomic mass is 32.2. The summed E-state index contributed by atoms with van der Waals surface area (Å²) in [5.41, 5.74) is 17.9. The average Bonchev–Trinajstić information content (AvgIpc) is 4.12. The summed E-state index contributed by atoms with van der Waals surface area (Å²) >= 11 is 0. The van der Waals surface area contributed by atoms with Crippen molar-refractivity contribution in [3.8, 4) is 0 Å². The maximum Gasteiger partial charge on any atom is 0.217 e. The van der Waals surface area contributed by atoms with E-state index < -0.39 is 20.2 Å². The lowest BCUT2D eigenvalue weighted by Gasteiger charge is -2.30. The van der Waals surface area contributed by atoms with Crippen LogP contribution in [0.15, 0.2) is 193 Å². The van der Waals surface area contributed by atoms with Gasteiger partial charge in [-0.25, -0.2) is 16.8 Å². The molecule has 78 heavy (non-hydrogen) atoms. The molecule has 4 heterocycles. The van der Waals surface area contributed by atoms with Gasteiger partial charge in [0.15, 0.2) is 11.4 Å². The number of hydrogen-bond acceptors (Lipinski definition) is 8. The summed E-state index contributed by atoms with van der Waals surface area (Å²) in [7, 11) is 1.09. The Morgan fingerprint density at radius 1 is 0.462 bits per heavy atom. The van der Waals surface area contributed by atoms with Crippen LogP contribution >= 0.6 is 0 Å². The predicted molar refractivity (Wildman–Crippen MR) is 320 cm³/mol. The Labute approximate surface area is 461 Å². The average molecular weight is 1080 g/mol. The molecular weight excluding hydrogens is 1010 g/mol. The lowest BCUT2D eigenvalue weighted by Crippen LogP contribution is -2.29. The molecule has 11 rings (SSSR count). The largest absolute Gasteiger partial charge is 0.748 e. The number of rotatable bonds is 8. The van der Waals surface area contributed by atoms with Gasteiger partial charge in [0.2, 0.25) is 11.4 Å². The molecule has 0 aromatic heterocycles. The molecule has 402 valence electrons. The van der Waals surface area contributed by atoms with Crippen LogP contribution in [0.2, 0.25) is 0 Å². The van der Waals surface area contributed by atoms with E-state index in [1.54, 1.807) is 0 Å². The third kappa shape index (κ3) is 10.3. The Balaban J connectivity index is 0.000000680. The van der Waals surface area contributed by atoms with Gasteiger partial charge in [-0.2, -0.15) is 9.15 Å². The molecule has 0 N–H and O–H groups in total. The first-order valence-electron chi connectivity index (χ1n) is 26.2. The summed E-state index contributed by atoms with van der Waals surface area (Å²) < 4.78 is 59.3. The van der Waals surface area contributed by atoms with Crippen LogP contribution in [0.4, 0.5) is 22.7 Å². The predicted octanol–water partition coefficient (Wildman–Crippen LogP) is 12.5. The minimum Gasteiger partial charge on any atom is -0.748 e. The Bertz CT molecular complexity index is 3700. The van der Waals surface area contributed by atoms with Crippen LogP contribution in [0.3, 0.4) is 0 Å². The van der Waals surface area contributed by atoms with Crippen molar-refractivity contribution in [3.63, 3.8) is 0 Å². The SMILES string of the molecule is CN1C(=CC=CC2=[N+](C)c3c(ccc4ccccc34)C2(C)C)C(C)(Cc2ccc(CC3(C)C(=CC=CC4=[N+](C)c5c(ccc6ccccc56)C4(C)C)N(C)c4ccccc43)cc2)c2ccccc21.CS(=O)(=O)[O-].CS(=O)(=O)[O-]. The molecular formula is C66H70N4O6S2. The lowest BCUT2D eigenvalue weighted by molar-refractivity contribution is -0.400. The maximum atomic E-state index is 9.08. The topological polar surface area (TPSA) is 127 Å². The zero-order chi connectivity index (χ0) is 56.3. The standard InChI is InChI=1S/C64H64N4.2CH4O3S/c1-61(2)51-39-37-45-21-11-13-23-47(45)59(51)67(9)55(61)29-19-31-57-63(5,49-25-15-17-27-53(49)65(57)7)41-43-33-35-44(36-34-43)42-64(6)50-26-16-18-28-54(50)66(8)58(64)32-20-30-56-62(3,4)52-40-38-46-22-12-14-24-48(46)60(52)68(56)10;2*1-5(2,3)4/h11-40H,41-42H2,1-10H3;2*1H3,(H,2,3,4)/q+2;;/p-2. The Kier molecular flexibility index (Phi) is 14.6. The quantitative estimate of drug-likeness (QED) is 0.109. The minimum absolute atomic E-state index is 0.120. The molecule has 7 aromatic carbocycles. The summed E-state index contributed by atoms with van der Waals surface area (Å²) in [6, 6.07) is 54.2. The zero-order valence-corrected chi connectivity index (χ0v) is 48.4. The molecule has 0 saturated heterocycles. The summed E-state index contributed by atoms with van der Waals surface area (Å²) in [6.07, 6.45) is 17.0. The number of fused-ring (bicyclic) bond motifs is 8. The summed E-state index contributed by atoms with van der Waals surface area (Å²) in [4.78, 5) is 4.82. The van der Waals surface area contributed by atoms with Crippen molar-refractivity contribution in [1.29, 1.82) is 0 Å². The van der Waals surface area contributed by atoms with Gasteiger partial charge < -0.3 is 18.9 Å². The van der Waals surface area contributed by atoms with E-state index >= 15 is 0 Å². The first kappa shape index (κ1) is 55.5. The molecule has 0 radical (unpaired) electrons. The van der Waals surface area contributed by atoms with Crippen LogP contribution in [0.25, 0.3) is 21.5 Å². The van der Waals surface area contributed by atoms with E-state index in [0.29, 0.717) is 12.5 Å². The number of likely N-dealkylation sites (N-methyl/N-ethyl adjacent to an activating group) is 2. The van der Waals surface area contributed by atoms with Crippen molar-refractivity contribution in [1.82, 2.24) is 0 Å². The van der Waals surface area contributed by atoms with Crippen molar-refractivity contribution >= 4 is 76.0 Å². The van der Waals surface area contributed by atoms with Gasteiger partial charge in [0.1, 0.15) is 14.1 Å². The van der Waals surface area contributed by atoms with Gasteiger partial charge in [-0.1, -0.05) is 133 Å². The fraction of sp³-hybridized carbons (Fsp3) is 0.273. The van der Waals surface area contributed by atoms with Crippen LogP contribution in [-0.2, 0) is 54.7 Å². The summed E-state index contributed by atoms with van der Waals surface area (Å²) in [5, 5.41) is 5.18. The molecule has 0 saturated carbocycles. The molecule has 0 spiro atoms. The van der Waals surface area contributed by atoms with Crippen molar-refractivity contribution in [2.75, 3.05) is 50.5 Å². The van der Waals surface area contributed by atoms with Crippen LogP contribution in [0.5, 0.6) is 0 Å². The summed E-state index contributed by atoms with van der Waals surface area (Å²) in [5.74, 6) is 0. The molecule has 4 aliphatic heterocycles. The van der Waals surface area contributed by atoms with Crippen molar-refractivity contribution in [2.45, 2.75) is 76.0 Å². The van der Waals surface area contributed by atoms with E-state index in [9.17, 15) is 0 Å². The van der Waals surface area contributed by atoms with Crippen LogP contribution < -0.4 is 9.80 Å². The Morgan fingerprint density at radius 2 is 0.782 bits per heavy atom. The molecule has 12 heteroatoms. The molecule has 10 nitrogen and oxygen atoms in total. The van der Waals surface area contributed by atoms with Crippen molar-refractivity contribution in [3.05, 3.63) is 227 Å². The first-order valence-corrected chi connectivity index (χ1v) is 29.9. The zero-order valence-electron chi connectivity index (χ0n) is 46.8. The molecule has 0 amide bonds. The maximum absolute atomic E-state index is 9.08. The van der Waals surface area contributed by atoms with Gasteiger partial charge in [0.25, 0.3) is 0 Å². The van der Waals surface area contributed by atoms with Gasteiger partial charge in [0, 0.05) is 83.5 Å². The monoisotopic (exact) mass is 1080 g/mol. The number of benzene rings is 7. The van der Waals surface area contributed by atoms with Gasteiger partial charge in [-0.3, -0.25) is 0 Å². The first-order chi connectivity index (χ1) is 36.6. The van der Waals surface area contributed by atoms with E-state index in [1.165, 1.54) is 100 Å². The van der Waals surface area contributed by atoms with Crippen LogP contribution in [0, 0.1) is 0 Å². The molecule has 0 aliphatic carbocycles. The van der Waals surface area contributed by atoms with Gasteiger partial charge in [-0.15, -0.1) is 0 Å². The third-order valence-corrected chi connectivity index (χ3v) is 16.5. The molecule has 0 bridgehead atoms. The molecule has 4 aliphatic rings. The number of para-hydroxylation sites is 2. The third-order valence-electron chi connectivity index (χ3n) is 16.5. The van der Waals surface area contributed by atoms with Gasteiger partial charge in [-0.05, 0) is 124 Å². The van der Waals surface area contributed by atoms with E-state index in [-0.39, 0.29) is 21.7 Å². The fourth-order valence-corrected chi connectivity index (χ4v) is 13.0. The Morgan fingerprint density at radius 3 is 1.14 bits per heavy atom. The number of nitrogens with zero attached hydrogens (tertiary/aromatic N) is 4. The van der Waals surface area contributed by atoms with E-state index in [1.807, 2.05) is 0 Å². The van der Waals surface area contributed by atoms with E-state index in [2.05, 4.69) is 271 Å². The highest BCUT2D eigenvalue weighted by molar-refractivity contribution is 7.85. The van der Waals surface area contributed by atoms with Crippen LogP contribution in [0.1, 0.15) is 74.9 Å². The molecule has 0 fully saturated rings. The van der Waals surface area contributed by atoms with Crippen LogP contribution in [-0.4, -0.2) is 87.2 Å². The molecule has 2 atom stereocenters. The summed E-state index contributed by atoms with van der Waals surface area (Å²) in [6.45, 7) is 14.3. The second-order valence-electron chi connectivity index (χ2n) is 22.7. The fourth-order valence-electron chi connectivity index (χ4n) is 13.0. The van der Waals surface area contributed by atoms with E-state index in [0.717, 1.165) is 12.8 Å². The van der Waals surface area contributed by atoms with Crippen molar-refractivity contribution < 1.29 is 35.1 Å². The second kappa shape index (κ2) is 20.5. The molecule has 7 aromatic rings. The second-order valence-corrected chi connectivity index (χ2v) is 25.5. The number of hydrogen-bond donors (Lipinski definition) is 0. The smallest absolute Gasteiger partial charge is 0.217 e. The Hall–Kier alpha value is -7.22. The van der Waals surface area contributed by atoms with Crippen molar-refractivity contribution in [2.24, 2.45) is 0 Å². The number of allylic oxidation sites excluding steroid dienone is 8. The highest BCUT2D eigenvalue weighted by Gasteiger charge is 2.47. The van der Waals surface area contributed by atoms with Gasteiger partial charge in [0.05, 0.1) is 41.8 Å². The van der Waals surface area contributed by atoms with Gasteiger partial charge >= 0.3 is 0 Å².